The average molecular weight is 479 g/mol. The maximum absolute atomic E-state index is 13.7. The number of aliphatic hydroxyl groups excluding tert-OH is 1. The Morgan fingerprint density at radius 3 is 2.44 bits per heavy atom. The standard InChI is InChI=1S/C24H17NO8S/c25-24-23(34(29,30)14-6-2-1-3-7-14)19(22-21(33-24)17(27)10-13(11-26)32-22)16-12-31-18-9-5-4-8-15(18)20(16)28/h1-10,12,19,26H,11,25H2. The summed E-state index contributed by atoms with van der Waals surface area (Å²) in [5.74, 6) is -2.83. The minimum Gasteiger partial charge on any atom is -0.464 e. The van der Waals surface area contributed by atoms with Gasteiger partial charge in [-0.05, 0) is 24.3 Å². The van der Waals surface area contributed by atoms with E-state index in [0.29, 0.717) is 5.58 Å². The molecule has 1 aliphatic rings. The van der Waals surface area contributed by atoms with Crippen LogP contribution in [0.15, 0.2) is 101 Å². The predicted octanol–water partition coefficient (Wildman–Crippen LogP) is 2.36. The zero-order chi connectivity index (χ0) is 24.0. The maximum Gasteiger partial charge on any atom is 0.228 e. The van der Waals surface area contributed by atoms with Gasteiger partial charge in [0.25, 0.3) is 0 Å². The lowest BCUT2D eigenvalue weighted by molar-refractivity contribution is 0.231. The van der Waals surface area contributed by atoms with E-state index in [1.807, 2.05) is 0 Å². The highest BCUT2D eigenvalue weighted by Crippen LogP contribution is 2.44. The topological polar surface area (TPSA) is 150 Å². The molecule has 172 valence electrons. The number of sulfone groups is 1. The molecule has 1 aliphatic heterocycles. The summed E-state index contributed by atoms with van der Waals surface area (Å²) < 4.78 is 44.1. The van der Waals surface area contributed by atoms with E-state index in [4.69, 9.17) is 19.3 Å². The number of allylic oxidation sites excluding steroid dienone is 1. The van der Waals surface area contributed by atoms with Crippen molar-refractivity contribution >= 4 is 20.8 Å². The molecule has 0 saturated carbocycles. The van der Waals surface area contributed by atoms with Gasteiger partial charge in [0.1, 0.15) is 22.9 Å². The minimum atomic E-state index is -4.33. The van der Waals surface area contributed by atoms with Crippen LogP contribution in [-0.2, 0) is 16.4 Å². The molecule has 10 heteroatoms. The lowest BCUT2D eigenvalue weighted by atomic mass is 9.93. The molecular formula is C24H17NO8S. The molecule has 0 radical (unpaired) electrons. The van der Waals surface area contributed by atoms with Crippen LogP contribution in [0.25, 0.3) is 11.0 Å². The van der Waals surface area contributed by atoms with Gasteiger partial charge in [-0.3, -0.25) is 9.59 Å². The Kier molecular flexibility index (Phi) is 5.11. The highest BCUT2D eigenvalue weighted by Gasteiger charge is 2.43. The Balaban J connectivity index is 1.87. The van der Waals surface area contributed by atoms with Gasteiger partial charge in [0.2, 0.25) is 26.9 Å². The minimum absolute atomic E-state index is 0.101. The van der Waals surface area contributed by atoms with Crippen LogP contribution < -0.4 is 21.3 Å². The first-order chi connectivity index (χ1) is 16.3. The molecule has 0 aliphatic carbocycles. The van der Waals surface area contributed by atoms with E-state index in [1.54, 1.807) is 24.3 Å². The number of benzene rings is 2. The first-order valence-electron chi connectivity index (χ1n) is 10.1. The first-order valence-corrected chi connectivity index (χ1v) is 11.6. The smallest absolute Gasteiger partial charge is 0.228 e. The summed E-state index contributed by atoms with van der Waals surface area (Å²) in [6.07, 6.45) is 1.11. The molecule has 0 fully saturated rings. The van der Waals surface area contributed by atoms with Crippen LogP contribution in [-0.4, -0.2) is 13.5 Å². The van der Waals surface area contributed by atoms with Gasteiger partial charge in [-0.25, -0.2) is 8.42 Å². The molecule has 3 heterocycles. The summed E-state index contributed by atoms with van der Waals surface area (Å²) in [5.41, 5.74) is 5.00. The largest absolute Gasteiger partial charge is 0.464 e. The van der Waals surface area contributed by atoms with Crippen LogP contribution in [0.5, 0.6) is 5.75 Å². The van der Waals surface area contributed by atoms with E-state index in [-0.39, 0.29) is 33.1 Å². The molecule has 9 nitrogen and oxygen atoms in total. The Bertz CT molecular complexity index is 1680. The zero-order valence-electron chi connectivity index (χ0n) is 17.4. The molecular weight excluding hydrogens is 462 g/mol. The number of rotatable bonds is 4. The fourth-order valence-electron chi connectivity index (χ4n) is 3.93. The molecule has 2 aromatic heterocycles. The van der Waals surface area contributed by atoms with Gasteiger partial charge < -0.3 is 24.4 Å². The van der Waals surface area contributed by atoms with E-state index in [0.717, 1.165) is 12.3 Å². The third-order valence-electron chi connectivity index (χ3n) is 5.48. The fourth-order valence-corrected chi connectivity index (χ4v) is 5.55. The molecule has 0 spiro atoms. The third kappa shape index (κ3) is 3.31. The van der Waals surface area contributed by atoms with Gasteiger partial charge >= 0.3 is 0 Å². The summed E-state index contributed by atoms with van der Waals surface area (Å²) in [4.78, 5) is 25.5. The molecule has 0 bridgehead atoms. The lowest BCUT2D eigenvalue weighted by Gasteiger charge is -2.27. The van der Waals surface area contributed by atoms with Gasteiger partial charge in [-0.15, -0.1) is 0 Å². The van der Waals surface area contributed by atoms with Gasteiger partial charge in [0.05, 0.1) is 28.0 Å². The highest BCUT2D eigenvalue weighted by atomic mass is 32.2. The molecule has 0 saturated heterocycles. The number of fused-ring (bicyclic) bond motifs is 2. The quantitative estimate of drug-likeness (QED) is 0.450. The number of nitrogens with two attached hydrogens (primary N) is 1. The van der Waals surface area contributed by atoms with Gasteiger partial charge in [0, 0.05) is 6.07 Å². The van der Waals surface area contributed by atoms with Crippen LogP contribution >= 0.6 is 0 Å². The van der Waals surface area contributed by atoms with Crippen LogP contribution in [0, 0.1) is 0 Å². The van der Waals surface area contributed by atoms with Crippen molar-refractivity contribution in [2.24, 2.45) is 5.73 Å². The zero-order valence-corrected chi connectivity index (χ0v) is 18.2. The van der Waals surface area contributed by atoms with Crippen molar-refractivity contribution in [2.75, 3.05) is 0 Å². The molecule has 2 aromatic carbocycles. The highest BCUT2D eigenvalue weighted by molar-refractivity contribution is 7.95. The van der Waals surface area contributed by atoms with E-state index in [2.05, 4.69) is 0 Å². The Morgan fingerprint density at radius 1 is 1.00 bits per heavy atom. The second-order valence-electron chi connectivity index (χ2n) is 7.52. The Hall–Kier alpha value is -4.15. The Labute approximate surface area is 192 Å². The van der Waals surface area contributed by atoms with E-state index in [1.165, 1.54) is 30.3 Å². The number of aliphatic hydroxyl groups is 1. The summed E-state index contributed by atoms with van der Waals surface area (Å²) >= 11 is 0. The molecule has 0 amide bonds. The normalized spacial score (nSPS) is 15.7. The first kappa shape index (κ1) is 21.7. The molecule has 4 aromatic rings. The number of para-hydroxylation sites is 1. The van der Waals surface area contributed by atoms with E-state index in [9.17, 15) is 23.1 Å². The van der Waals surface area contributed by atoms with Crippen molar-refractivity contribution in [2.45, 2.75) is 17.4 Å². The average Bonchev–Trinajstić information content (AvgIpc) is 2.84. The molecule has 3 N–H and O–H groups in total. The maximum atomic E-state index is 13.7. The van der Waals surface area contributed by atoms with Crippen LogP contribution in [0.1, 0.15) is 23.0 Å². The van der Waals surface area contributed by atoms with Crippen molar-refractivity contribution in [3.05, 3.63) is 115 Å². The second kappa shape index (κ2) is 8.01. The van der Waals surface area contributed by atoms with Crippen molar-refractivity contribution in [3.8, 4) is 5.75 Å². The van der Waals surface area contributed by atoms with Crippen LogP contribution in [0.4, 0.5) is 0 Å². The second-order valence-corrected chi connectivity index (χ2v) is 9.44. The van der Waals surface area contributed by atoms with Gasteiger partial charge in [-0.2, -0.15) is 0 Å². The lowest BCUT2D eigenvalue weighted by Crippen LogP contribution is -2.31. The number of hydrogen-bond acceptors (Lipinski definition) is 9. The molecule has 34 heavy (non-hydrogen) atoms. The summed E-state index contributed by atoms with van der Waals surface area (Å²) in [6.45, 7) is -0.637. The van der Waals surface area contributed by atoms with Crippen molar-refractivity contribution in [1.29, 1.82) is 0 Å². The molecule has 1 unspecified atom stereocenters. The summed E-state index contributed by atoms with van der Waals surface area (Å²) in [6, 6.07) is 14.9. The van der Waals surface area contributed by atoms with Crippen LogP contribution in [0.2, 0.25) is 0 Å². The number of hydrogen-bond donors (Lipinski definition) is 2. The monoisotopic (exact) mass is 479 g/mol. The summed E-state index contributed by atoms with van der Waals surface area (Å²) in [7, 11) is -4.33. The fraction of sp³-hybridized carbons (Fsp3) is 0.0833. The van der Waals surface area contributed by atoms with E-state index < -0.39 is 44.0 Å². The van der Waals surface area contributed by atoms with Crippen LogP contribution in [0.3, 0.4) is 0 Å². The number of ether oxygens (including phenoxy) is 1. The predicted molar refractivity (Wildman–Crippen MR) is 121 cm³/mol. The molecule has 5 rings (SSSR count). The van der Waals surface area contributed by atoms with Crippen molar-refractivity contribution < 1.29 is 27.1 Å². The Morgan fingerprint density at radius 2 is 1.71 bits per heavy atom. The SMILES string of the molecule is NC1=C(S(=O)(=O)c2ccccc2)C(c2coc3ccccc3c2=O)c2oc(CO)cc(=O)c2O1. The van der Waals surface area contributed by atoms with E-state index >= 15 is 0 Å². The molecule has 1 atom stereocenters. The van der Waals surface area contributed by atoms with Crippen molar-refractivity contribution in [3.63, 3.8) is 0 Å². The summed E-state index contributed by atoms with van der Waals surface area (Å²) in [5, 5.41) is 9.76. The van der Waals surface area contributed by atoms with Gasteiger partial charge in [0.15, 0.2) is 11.2 Å². The van der Waals surface area contributed by atoms with Gasteiger partial charge in [-0.1, -0.05) is 30.3 Å². The van der Waals surface area contributed by atoms with Crippen molar-refractivity contribution in [1.82, 2.24) is 0 Å². The third-order valence-corrected chi connectivity index (χ3v) is 7.39.